The number of aromatic nitrogens is 9. The highest BCUT2D eigenvalue weighted by Gasteiger charge is 2.23. The standard InChI is InChI=1S/C66H40N10/c67-40-42-29-32-57(75-55-27-15-13-25-49(55)53-38-47(30-33-58(53)75)65-71-61(43-17-5-1-6-18-43)69-62(72-65)44-19-7-2-8-20-44)52(37-42)51-35-36-68-41-60(51)76-56-28-16-14-26-50(56)54-39-48(31-34-59(54)76)66-73-63(45-21-9-3-10-22-45)70-64(74-66)46-23-11-4-12-24-46/h1-39,41H. The Morgan fingerprint density at radius 3 is 1.12 bits per heavy atom. The molecule has 5 aromatic heterocycles. The van der Waals surface area contributed by atoms with Gasteiger partial charge < -0.3 is 9.13 Å². The van der Waals surface area contributed by atoms with Gasteiger partial charge in [-0.15, -0.1) is 0 Å². The van der Waals surface area contributed by atoms with Crippen LogP contribution in [0.4, 0.5) is 0 Å². The Morgan fingerprint density at radius 1 is 0.303 bits per heavy atom. The Kier molecular flexibility index (Phi) is 10.6. The van der Waals surface area contributed by atoms with Crippen LogP contribution in [0.5, 0.6) is 0 Å². The molecule has 0 fully saturated rings. The normalized spacial score (nSPS) is 11.4. The van der Waals surface area contributed by atoms with Crippen LogP contribution in [0.3, 0.4) is 0 Å². The van der Waals surface area contributed by atoms with Gasteiger partial charge >= 0.3 is 0 Å². The molecule has 0 aliphatic rings. The van der Waals surface area contributed by atoms with Gasteiger partial charge in [-0.3, -0.25) is 4.98 Å². The molecule has 0 amide bonds. The number of hydrogen-bond acceptors (Lipinski definition) is 8. The molecule has 14 rings (SSSR count). The molecular formula is C66H40N10. The maximum absolute atomic E-state index is 10.5. The van der Waals surface area contributed by atoms with Crippen LogP contribution in [-0.2, 0) is 0 Å². The molecule has 354 valence electrons. The zero-order valence-electron chi connectivity index (χ0n) is 40.6. The van der Waals surface area contributed by atoms with Gasteiger partial charge in [0.2, 0.25) is 0 Å². The van der Waals surface area contributed by atoms with Gasteiger partial charge in [-0.2, -0.15) is 5.26 Å². The number of hydrogen-bond donors (Lipinski definition) is 0. The van der Waals surface area contributed by atoms with E-state index >= 15 is 0 Å². The molecule has 0 aliphatic carbocycles. The summed E-state index contributed by atoms with van der Waals surface area (Å²) in [6.45, 7) is 0. The van der Waals surface area contributed by atoms with E-state index in [-0.39, 0.29) is 0 Å². The van der Waals surface area contributed by atoms with E-state index in [2.05, 4.69) is 106 Å². The fraction of sp³-hybridized carbons (Fsp3) is 0. The molecule has 0 saturated heterocycles. The van der Waals surface area contributed by atoms with Crippen molar-refractivity contribution in [2.45, 2.75) is 0 Å². The van der Waals surface area contributed by atoms with E-state index in [1.807, 2.05) is 152 Å². The number of para-hydroxylation sites is 2. The molecule has 14 aromatic rings. The van der Waals surface area contributed by atoms with Crippen LogP contribution in [0, 0.1) is 11.3 Å². The summed E-state index contributed by atoms with van der Waals surface area (Å²) in [4.78, 5) is 35.0. The number of benzene rings is 9. The molecule has 5 heterocycles. The molecular weight excluding hydrogens is 933 g/mol. The second-order valence-electron chi connectivity index (χ2n) is 18.5. The molecule has 9 aromatic carbocycles. The molecule has 0 aliphatic heterocycles. The monoisotopic (exact) mass is 972 g/mol. The van der Waals surface area contributed by atoms with E-state index in [4.69, 9.17) is 34.9 Å². The molecule has 0 spiro atoms. The number of fused-ring (bicyclic) bond motifs is 6. The fourth-order valence-electron chi connectivity index (χ4n) is 10.4. The second-order valence-corrected chi connectivity index (χ2v) is 18.5. The molecule has 0 unspecified atom stereocenters. The summed E-state index contributed by atoms with van der Waals surface area (Å²) in [5.41, 5.74) is 13.4. The van der Waals surface area contributed by atoms with Crippen molar-refractivity contribution < 1.29 is 0 Å². The van der Waals surface area contributed by atoms with Crippen molar-refractivity contribution in [1.82, 2.24) is 44.0 Å². The van der Waals surface area contributed by atoms with Crippen molar-refractivity contribution >= 4 is 43.6 Å². The molecule has 10 heteroatoms. The lowest BCUT2D eigenvalue weighted by Gasteiger charge is -2.18. The van der Waals surface area contributed by atoms with Crippen molar-refractivity contribution in [2.24, 2.45) is 0 Å². The fourth-order valence-corrected chi connectivity index (χ4v) is 10.4. The third-order valence-corrected chi connectivity index (χ3v) is 14.0. The van der Waals surface area contributed by atoms with E-state index in [1.54, 1.807) is 0 Å². The second kappa shape index (κ2) is 18.4. The van der Waals surface area contributed by atoms with Crippen LogP contribution < -0.4 is 0 Å². The molecule has 0 N–H and O–H groups in total. The van der Waals surface area contributed by atoms with Crippen LogP contribution in [0.2, 0.25) is 0 Å². The highest BCUT2D eigenvalue weighted by Crippen LogP contribution is 2.42. The highest BCUT2D eigenvalue weighted by molar-refractivity contribution is 6.12. The summed E-state index contributed by atoms with van der Waals surface area (Å²) in [7, 11) is 0. The van der Waals surface area contributed by atoms with E-state index in [0.29, 0.717) is 40.5 Å². The SMILES string of the molecule is N#Cc1ccc(-n2c3ccccc3c3cc(-c4nc(-c5ccccc5)nc(-c5ccccc5)n4)ccc32)c(-c2ccncc2-n2c3ccccc3c3cc(-c4nc(-c5ccccc5)nc(-c5ccccc5)n4)ccc32)c1. The summed E-state index contributed by atoms with van der Waals surface area (Å²) in [6, 6.07) is 80.2. The minimum absolute atomic E-state index is 0.539. The predicted molar refractivity (Wildman–Crippen MR) is 302 cm³/mol. The van der Waals surface area contributed by atoms with Crippen molar-refractivity contribution in [1.29, 1.82) is 5.26 Å². The maximum Gasteiger partial charge on any atom is 0.164 e. The van der Waals surface area contributed by atoms with Crippen molar-refractivity contribution in [3.05, 3.63) is 248 Å². The first-order valence-corrected chi connectivity index (χ1v) is 24.9. The number of nitriles is 1. The topological polar surface area (TPSA) is 124 Å². The smallest absolute Gasteiger partial charge is 0.164 e. The van der Waals surface area contributed by atoms with Crippen LogP contribution in [0.1, 0.15) is 5.56 Å². The summed E-state index contributed by atoms with van der Waals surface area (Å²) >= 11 is 0. The Bertz CT molecular complexity index is 4470. The molecule has 0 radical (unpaired) electrons. The minimum atomic E-state index is 0.539. The van der Waals surface area contributed by atoms with Gasteiger partial charge in [0, 0.05) is 72.2 Å². The van der Waals surface area contributed by atoms with E-state index in [9.17, 15) is 5.26 Å². The third kappa shape index (κ3) is 7.63. The Morgan fingerprint density at radius 2 is 0.684 bits per heavy atom. The quantitative estimate of drug-likeness (QED) is 0.140. The summed E-state index contributed by atoms with van der Waals surface area (Å²) in [5.74, 6) is 3.55. The first kappa shape index (κ1) is 44.0. The maximum atomic E-state index is 10.5. The van der Waals surface area contributed by atoms with Gasteiger partial charge in [0.05, 0.1) is 51.3 Å². The molecule has 76 heavy (non-hydrogen) atoms. The largest absolute Gasteiger partial charge is 0.309 e. The average Bonchev–Trinajstić information content (AvgIpc) is 4.13. The molecule has 10 nitrogen and oxygen atoms in total. The molecule has 0 atom stereocenters. The zero-order chi connectivity index (χ0) is 50.5. The van der Waals surface area contributed by atoms with E-state index in [0.717, 1.165) is 99.5 Å². The van der Waals surface area contributed by atoms with Crippen LogP contribution >= 0.6 is 0 Å². The number of pyridine rings is 1. The first-order chi connectivity index (χ1) is 37.6. The van der Waals surface area contributed by atoms with Gasteiger partial charge in [0.15, 0.2) is 34.9 Å². The summed E-state index contributed by atoms with van der Waals surface area (Å²) in [6.07, 6.45) is 3.74. The lowest BCUT2D eigenvalue weighted by atomic mass is 10.00. The van der Waals surface area contributed by atoms with Crippen molar-refractivity contribution in [3.63, 3.8) is 0 Å². The Hall–Kier alpha value is -10.8. The van der Waals surface area contributed by atoms with Gasteiger partial charge in [0.25, 0.3) is 0 Å². The van der Waals surface area contributed by atoms with Gasteiger partial charge in [-0.25, -0.2) is 29.9 Å². The van der Waals surface area contributed by atoms with Gasteiger partial charge in [-0.05, 0) is 72.8 Å². The van der Waals surface area contributed by atoms with E-state index < -0.39 is 0 Å². The molecule has 0 bridgehead atoms. The van der Waals surface area contributed by atoms with Crippen LogP contribution in [0.15, 0.2) is 243 Å². The highest BCUT2D eigenvalue weighted by atomic mass is 15.1. The minimum Gasteiger partial charge on any atom is -0.309 e. The zero-order valence-corrected chi connectivity index (χ0v) is 40.6. The lowest BCUT2D eigenvalue weighted by molar-refractivity contribution is 1.07. The third-order valence-electron chi connectivity index (χ3n) is 14.0. The lowest BCUT2D eigenvalue weighted by Crippen LogP contribution is -2.03. The summed E-state index contributed by atoms with van der Waals surface area (Å²) < 4.78 is 4.58. The van der Waals surface area contributed by atoms with Crippen molar-refractivity contribution in [2.75, 3.05) is 0 Å². The summed E-state index contributed by atoms with van der Waals surface area (Å²) in [5, 5.41) is 14.7. The predicted octanol–water partition coefficient (Wildman–Crippen LogP) is 15.2. The first-order valence-electron chi connectivity index (χ1n) is 24.9. The van der Waals surface area contributed by atoms with Gasteiger partial charge in [0.1, 0.15) is 0 Å². The van der Waals surface area contributed by atoms with Gasteiger partial charge in [-0.1, -0.05) is 158 Å². The number of nitrogens with zero attached hydrogens (tertiary/aromatic N) is 10. The Labute approximate surface area is 436 Å². The van der Waals surface area contributed by atoms with Crippen LogP contribution in [-0.4, -0.2) is 44.0 Å². The average molecular weight is 973 g/mol. The Balaban J connectivity index is 0.935. The van der Waals surface area contributed by atoms with Crippen molar-refractivity contribution in [3.8, 4) is 96.9 Å². The number of rotatable bonds is 9. The van der Waals surface area contributed by atoms with Crippen LogP contribution in [0.25, 0.3) is 134 Å². The molecule has 0 saturated carbocycles. The van der Waals surface area contributed by atoms with E-state index in [1.165, 1.54) is 0 Å².